The normalized spacial score (nSPS) is 12.9. The lowest BCUT2D eigenvalue weighted by Crippen LogP contribution is -2.29. The van der Waals surface area contributed by atoms with Gasteiger partial charge in [-0.25, -0.2) is 19.9 Å². The quantitative estimate of drug-likeness (QED) is 0.129. The SMILES string of the molecule is c1ccc(-c2cccc(-c3nc(-c4cccc(-c5cccc(-c6ccc7c(c6)-c6ccc(-c8cc(-c9ccccc9-c9ccccc9)nc(-c9cccc(-c%10ccccc%10)c9)n8)cc6C6(c8ccccc8-7)c7ccccc7-c7ccccc76)c5)c4)cc(-c4ccc5c(c4)C4(c6ccccc6-c6ccccc6-5)c5ccccc5-c5ccccc54)n3)c2)cc1. The summed E-state index contributed by atoms with van der Waals surface area (Å²) in [6, 6.07) is 165. The topological polar surface area (TPSA) is 51.6 Å². The van der Waals surface area contributed by atoms with Crippen molar-refractivity contribution in [1.82, 2.24) is 19.9 Å². The molecule has 0 amide bonds. The summed E-state index contributed by atoms with van der Waals surface area (Å²) in [5, 5.41) is 0. The van der Waals surface area contributed by atoms with Crippen molar-refractivity contribution in [3.8, 4) is 190 Å². The van der Waals surface area contributed by atoms with Gasteiger partial charge < -0.3 is 0 Å². The highest BCUT2D eigenvalue weighted by Crippen LogP contribution is 2.64. The first-order valence-electron chi connectivity index (χ1n) is 42.0. The fourth-order valence-corrected chi connectivity index (χ4v) is 20.6. The fraction of sp³-hybridized carbons (Fsp3) is 0.0169. The Bertz CT molecular complexity index is 7560. The number of benzene rings is 18. The molecule has 0 fully saturated rings. The van der Waals surface area contributed by atoms with Crippen molar-refractivity contribution in [2.24, 2.45) is 0 Å². The summed E-state index contributed by atoms with van der Waals surface area (Å²) in [5.74, 6) is 1.30. The molecule has 20 aromatic rings. The van der Waals surface area contributed by atoms with Gasteiger partial charge in [0.25, 0.3) is 0 Å². The standard InChI is InChI=1S/C118H74N4/c1-4-30-75(31-5-1)78-36-28-42-87(68-78)115-119-111(73-112(120-115)85-61-64-99-91-46-12-11-45-90(91)93-47-14-20-54-103(93)117(109(99)71-85)105-56-22-16-49-95(105)96-50-17-23-57-106(96)117)84-41-27-40-82(67-84)80-38-26-39-81(66-80)83-60-63-92-94-48-15-21-55-104(94)118(107-58-24-18-51-97(107)98-52-19-25-59-108(98)118)110-72-86(62-65-100(110)102(92)70-83)113-74-114(101-53-13-10-44-89(101)77-34-8-3-9-35-77)122-116(121-113)88-43-29-37-79(69-88)76-32-6-2-7-33-76/h1-74H. The van der Waals surface area contributed by atoms with Crippen LogP contribution in [-0.2, 0) is 10.8 Å². The molecule has 566 valence electrons. The molecule has 4 aliphatic carbocycles. The van der Waals surface area contributed by atoms with E-state index >= 15 is 0 Å². The van der Waals surface area contributed by atoms with Gasteiger partial charge in [-0.15, -0.1) is 0 Å². The van der Waals surface area contributed by atoms with Crippen molar-refractivity contribution in [2.75, 3.05) is 0 Å². The average molecular weight is 1550 g/mol. The Morgan fingerprint density at radius 1 is 0.115 bits per heavy atom. The van der Waals surface area contributed by atoms with Crippen LogP contribution in [0.5, 0.6) is 0 Å². The Morgan fingerprint density at radius 3 is 0.770 bits per heavy atom. The fourth-order valence-electron chi connectivity index (χ4n) is 20.6. The van der Waals surface area contributed by atoms with Crippen LogP contribution in [-0.4, -0.2) is 19.9 Å². The second kappa shape index (κ2) is 28.5. The predicted molar refractivity (Wildman–Crippen MR) is 501 cm³/mol. The van der Waals surface area contributed by atoms with E-state index in [9.17, 15) is 0 Å². The molecule has 2 aromatic heterocycles. The molecule has 0 bridgehead atoms. The molecule has 0 atom stereocenters. The smallest absolute Gasteiger partial charge is 0.160 e. The summed E-state index contributed by atoms with van der Waals surface area (Å²) >= 11 is 0. The van der Waals surface area contributed by atoms with Crippen LogP contribution < -0.4 is 0 Å². The van der Waals surface area contributed by atoms with E-state index in [2.05, 4.69) is 449 Å². The summed E-state index contributed by atoms with van der Waals surface area (Å²) in [4.78, 5) is 22.6. The lowest BCUT2D eigenvalue weighted by atomic mass is 9.65. The maximum absolute atomic E-state index is 5.69. The van der Waals surface area contributed by atoms with Crippen LogP contribution in [0.2, 0.25) is 0 Å². The second-order valence-corrected chi connectivity index (χ2v) is 32.5. The summed E-state index contributed by atoms with van der Waals surface area (Å²) in [7, 11) is 0. The zero-order valence-electron chi connectivity index (χ0n) is 66.5. The van der Waals surface area contributed by atoms with Gasteiger partial charge >= 0.3 is 0 Å². The zero-order valence-corrected chi connectivity index (χ0v) is 66.5. The summed E-state index contributed by atoms with van der Waals surface area (Å²) in [5.41, 5.74) is 43.3. The van der Waals surface area contributed by atoms with Crippen LogP contribution in [0.3, 0.4) is 0 Å². The molecule has 18 aromatic carbocycles. The van der Waals surface area contributed by atoms with Crippen molar-refractivity contribution in [3.63, 3.8) is 0 Å². The highest BCUT2D eigenvalue weighted by molar-refractivity contribution is 6.02. The molecule has 0 radical (unpaired) electrons. The Kier molecular flexibility index (Phi) is 16.4. The van der Waals surface area contributed by atoms with E-state index in [0.717, 1.165) is 123 Å². The molecular weight excluding hydrogens is 1470 g/mol. The van der Waals surface area contributed by atoms with Crippen LogP contribution in [0.4, 0.5) is 0 Å². The molecule has 4 nitrogen and oxygen atoms in total. The third-order valence-corrected chi connectivity index (χ3v) is 26.0. The van der Waals surface area contributed by atoms with Crippen LogP contribution in [0.15, 0.2) is 449 Å². The van der Waals surface area contributed by atoms with E-state index in [1.165, 1.54) is 100 Å². The Morgan fingerprint density at radius 2 is 0.352 bits per heavy atom. The molecular formula is C118H74N4. The van der Waals surface area contributed by atoms with Crippen LogP contribution in [0.1, 0.15) is 44.5 Å². The van der Waals surface area contributed by atoms with Crippen molar-refractivity contribution in [1.29, 1.82) is 0 Å². The summed E-state index contributed by atoms with van der Waals surface area (Å²) < 4.78 is 0. The number of rotatable bonds is 11. The molecule has 2 heterocycles. The molecule has 0 unspecified atom stereocenters. The minimum absolute atomic E-state index is 0.648. The molecule has 0 saturated carbocycles. The molecule has 0 aliphatic heterocycles. The third kappa shape index (κ3) is 11.1. The van der Waals surface area contributed by atoms with Crippen molar-refractivity contribution < 1.29 is 0 Å². The average Bonchev–Trinajstić information content (AvgIpc) is 1.52. The first-order chi connectivity index (χ1) is 60.5. The monoisotopic (exact) mass is 1550 g/mol. The number of nitrogens with zero attached hydrogens (tertiary/aromatic N) is 4. The van der Waals surface area contributed by atoms with Crippen LogP contribution in [0, 0.1) is 0 Å². The Balaban J connectivity index is 0.663. The third-order valence-electron chi connectivity index (χ3n) is 26.0. The van der Waals surface area contributed by atoms with Gasteiger partial charge in [-0.2, -0.15) is 0 Å². The highest BCUT2D eigenvalue weighted by atomic mass is 14.9. The van der Waals surface area contributed by atoms with Crippen LogP contribution in [0.25, 0.3) is 190 Å². The maximum atomic E-state index is 5.69. The highest BCUT2D eigenvalue weighted by Gasteiger charge is 2.52. The summed E-state index contributed by atoms with van der Waals surface area (Å²) in [6.07, 6.45) is 0. The molecule has 0 N–H and O–H groups in total. The molecule has 4 heteroatoms. The van der Waals surface area contributed by atoms with Gasteiger partial charge in [0.2, 0.25) is 0 Å². The zero-order chi connectivity index (χ0) is 80.4. The molecule has 122 heavy (non-hydrogen) atoms. The molecule has 0 saturated heterocycles. The van der Waals surface area contributed by atoms with Crippen LogP contribution >= 0.6 is 0 Å². The van der Waals surface area contributed by atoms with E-state index in [1.807, 2.05) is 0 Å². The van der Waals surface area contributed by atoms with E-state index in [-0.39, 0.29) is 0 Å². The minimum Gasteiger partial charge on any atom is -0.228 e. The van der Waals surface area contributed by atoms with Gasteiger partial charge in [0.1, 0.15) is 0 Å². The van der Waals surface area contributed by atoms with E-state index < -0.39 is 10.8 Å². The van der Waals surface area contributed by atoms with Gasteiger partial charge in [0, 0.05) is 33.4 Å². The van der Waals surface area contributed by atoms with E-state index in [0.29, 0.717) is 11.6 Å². The van der Waals surface area contributed by atoms with Gasteiger partial charge in [-0.3, -0.25) is 0 Å². The molecule has 4 aliphatic rings. The first kappa shape index (κ1) is 70.3. The van der Waals surface area contributed by atoms with Crippen molar-refractivity contribution in [2.45, 2.75) is 10.8 Å². The van der Waals surface area contributed by atoms with Gasteiger partial charge in [0.15, 0.2) is 11.6 Å². The number of hydrogen-bond donors (Lipinski definition) is 0. The Labute approximate surface area is 709 Å². The number of fused-ring (bicyclic) bond motifs is 24. The minimum atomic E-state index is -0.753. The van der Waals surface area contributed by atoms with E-state index in [4.69, 9.17) is 19.9 Å². The lowest BCUT2D eigenvalue weighted by Gasteiger charge is -2.35. The lowest BCUT2D eigenvalue weighted by molar-refractivity contribution is 0.775. The van der Waals surface area contributed by atoms with E-state index in [1.54, 1.807) is 0 Å². The van der Waals surface area contributed by atoms with Gasteiger partial charge in [0.05, 0.1) is 33.6 Å². The maximum Gasteiger partial charge on any atom is 0.160 e. The molecule has 2 spiro atoms. The van der Waals surface area contributed by atoms with Gasteiger partial charge in [-0.05, 0) is 222 Å². The van der Waals surface area contributed by atoms with Crippen molar-refractivity contribution in [3.05, 3.63) is 493 Å². The number of aromatic nitrogens is 4. The van der Waals surface area contributed by atoms with Gasteiger partial charge in [-0.1, -0.05) is 394 Å². The Hall–Kier alpha value is -15.9. The number of hydrogen-bond acceptors (Lipinski definition) is 4. The second-order valence-electron chi connectivity index (χ2n) is 32.5. The largest absolute Gasteiger partial charge is 0.228 e. The predicted octanol–water partition coefficient (Wildman–Crippen LogP) is 29.6. The summed E-state index contributed by atoms with van der Waals surface area (Å²) in [6.45, 7) is 0. The molecule has 24 rings (SSSR count). The first-order valence-corrected chi connectivity index (χ1v) is 42.0. The van der Waals surface area contributed by atoms with Crippen molar-refractivity contribution >= 4 is 0 Å².